The Morgan fingerprint density at radius 3 is 2.23 bits per heavy atom. The molecule has 7 nitrogen and oxygen atoms in total. The lowest BCUT2D eigenvalue weighted by Gasteiger charge is -2.17. The molecule has 0 saturated carbocycles. The number of halogens is 2. The first-order valence-electron chi connectivity index (χ1n) is 10.7. The van der Waals surface area contributed by atoms with Crippen LogP contribution in [0.4, 0.5) is 17.1 Å². The molecule has 3 aromatic carbocycles. The quantitative estimate of drug-likeness (QED) is 0.396. The first-order valence-corrected chi connectivity index (χ1v) is 11.5. The van der Waals surface area contributed by atoms with E-state index in [-0.39, 0.29) is 16.6 Å². The van der Waals surface area contributed by atoms with Gasteiger partial charge in [-0.15, -0.1) is 0 Å². The minimum Gasteiger partial charge on any atom is -0.494 e. The highest BCUT2D eigenvalue weighted by molar-refractivity contribution is 6.53. The Balaban J connectivity index is 1.46. The summed E-state index contributed by atoms with van der Waals surface area (Å²) in [6.45, 7) is 4.23. The Kier molecular flexibility index (Phi) is 7.10. The number of imide groups is 1. The zero-order valence-electron chi connectivity index (χ0n) is 18.9. The monoisotopic (exact) mass is 509 g/mol. The number of carbonyl (C=O) groups excluding carboxylic acids is 3. The van der Waals surface area contributed by atoms with Crippen molar-refractivity contribution in [1.82, 2.24) is 0 Å². The van der Waals surface area contributed by atoms with E-state index >= 15 is 0 Å². The molecule has 0 fully saturated rings. The summed E-state index contributed by atoms with van der Waals surface area (Å²) in [6, 6.07) is 18.4. The molecule has 4 rings (SSSR count). The van der Waals surface area contributed by atoms with Gasteiger partial charge in [0.15, 0.2) is 0 Å². The molecule has 35 heavy (non-hydrogen) atoms. The highest BCUT2D eigenvalue weighted by atomic mass is 35.5. The summed E-state index contributed by atoms with van der Waals surface area (Å²) in [5, 5.41) is 5.87. The van der Waals surface area contributed by atoms with E-state index in [0.29, 0.717) is 39.8 Å². The fourth-order valence-corrected chi connectivity index (χ4v) is 3.89. The lowest BCUT2D eigenvalue weighted by Crippen LogP contribution is -2.32. The standard InChI is InChI=1S/C26H21Cl2N3O4/c1-3-35-20-12-10-19(11-13-20)30-24(32)16-5-8-18(9-6-16)29-23-22(28)25(33)31(26(23)34)21-14-17(27)7-4-15(21)2/h4-14,29H,3H2,1-2H3,(H,30,32). The summed E-state index contributed by atoms with van der Waals surface area (Å²) < 4.78 is 5.40. The van der Waals surface area contributed by atoms with E-state index < -0.39 is 11.8 Å². The summed E-state index contributed by atoms with van der Waals surface area (Å²) in [5.74, 6) is -0.816. The highest BCUT2D eigenvalue weighted by Crippen LogP contribution is 2.33. The first-order chi connectivity index (χ1) is 16.8. The van der Waals surface area contributed by atoms with E-state index in [9.17, 15) is 14.4 Å². The third-order valence-electron chi connectivity index (χ3n) is 5.28. The van der Waals surface area contributed by atoms with E-state index in [2.05, 4.69) is 10.6 Å². The normalized spacial score (nSPS) is 13.3. The van der Waals surface area contributed by atoms with Crippen molar-refractivity contribution in [1.29, 1.82) is 0 Å². The van der Waals surface area contributed by atoms with Crippen molar-refractivity contribution in [2.75, 3.05) is 22.1 Å². The molecule has 9 heteroatoms. The van der Waals surface area contributed by atoms with E-state index in [0.717, 1.165) is 10.6 Å². The fourth-order valence-electron chi connectivity index (χ4n) is 3.51. The molecule has 0 radical (unpaired) electrons. The van der Waals surface area contributed by atoms with Gasteiger partial charge in [0.1, 0.15) is 16.5 Å². The van der Waals surface area contributed by atoms with Crippen LogP contribution in [-0.4, -0.2) is 24.3 Å². The smallest absolute Gasteiger partial charge is 0.283 e. The van der Waals surface area contributed by atoms with Gasteiger partial charge in [0, 0.05) is 22.0 Å². The van der Waals surface area contributed by atoms with Gasteiger partial charge in [0.05, 0.1) is 12.3 Å². The Morgan fingerprint density at radius 1 is 0.914 bits per heavy atom. The Hall–Kier alpha value is -3.81. The van der Waals surface area contributed by atoms with Gasteiger partial charge >= 0.3 is 0 Å². The minimum absolute atomic E-state index is 0.0531. The number of hydrogen-bond acceptors (Lipinski definition) is 5. The minimum atomic E-state index is -0.643. The van der Waals surface area contributed by atoms with Gasteiger partial charge in [-0.1, -0.05) is 29.3 Å². The van der Waals surface area contributed by atoms with Crippen LogP contribution in [0, 0.1) is 6.92 Å². The van der Waals surface area contributed by atoms with E-state index in [1.807, 2.05) is 6.92 Å². The van der Waals surface area contributed by atoms with E-state index in [1.54, 1.807) is 67.6 Å². The average molecular weight is 510 g/mol. The molecule has 178 valence electrons. The number of nitrogens with one attached hydrogen (secondary N) is 2. The van der Waals surface area contributed by atoms with Crippen LogP contribution in [0.2, 0.25) is 5.02 Å². The number of hydrogen-bond donors (Lipinski definition) is 2. The van der Waals surface area contributed by atoms with Crippen LogP contribution >= 0.6 is 23.2 Å². The molecule has 1 aliphatic heterocycles. The lowest BCUT2D eigenvalue weighted by atomic mass is 10.1. The zero-order valence-corrected chi connectivity index (χ0v) is 20.4. The van der Waals surface area contributed by atoms with Crippen LogP contribution in [0.1, 0.15) is 22.8 Å². The second-order valence-electron chi connectivity index (χ2n) is 7.68. The molecule has 0 aromatic heterocycles. The van der Waals surface area contributed by atoms with Crippen LogP contribution in [-0.2, 0) is 9.59 Å². The second kappa shape index (κ2) is 10.2. The predicted octanol–water partition coefficient (Wildman–Crippen LogP) is 5.74. The SMILES string of the molecule is CCOc1ccc(NC(=O)c2ccc(NC3=C(Cl)C(=O)N(c4cc(Cl)ccc4C)C3=O)cc2)cc1. The van der Waals surface area contributed by atoms with Crippen molar-refractivity contribution in [2.45, 2.75) is 13.8 Å². The van der Waals surface area contributed by atoms with Crippen molar-refractivity contribution in [3.05, 3.63) is 93.6 Å². The maximum atomic E-state index is 13.0. The molecule has 0 saturated heterocycles. The third-order valence-corrected chi connectivity index (χ3v) is 5.86. The van der Waals surface area contributed by atoms with Gasteiger partial charge in [0.2, 0.25) is 0 Å². The van der Waals surface area contributed by atoms with Crippen LogP contribution in [0.25, 0.3) is 0 Å². The molecule has 0 spiro atoms. The van der Waals surface area contributed by atoms with Crippen molar-refractivity contribution in [3.8, 4) is 5.75 Å². The van der Waals surface area contributed by atoms with Crippen molar-refractivity contribution >= 4 is 58.0 Å². The summed E-state index contributed by atoms with van der Waals surface area (Å²) >= 11 is 12.3. The molecule has 3 amide bonds. The number of anilines is 3. The molecule has 0 bridgehead atoms. The predicted molar refractivity (Wildman–Crippen MR) is 137 cm³/mol. The number of carbonyl (C=O) groups is 3. The molecular weight excluding hydrogens is 489 g/mol. The number of amides is 3. The highest BCUT2D eigenvalue weighted by Gasteiger charge is 2.39. The number of rotatable bonds is 7. The molecule has 0 aliphatic carbocycles. The molecule has 0 atom stereocenters. The Labute approximate surface area is 212 Å². The van der Waals surface area contributed by atoms with Gasteiger partial charge in [-0.2, -0.15) is 0 Å². The first kappa shape index (κ1) is 24.3. The molecule has 3 aromatic rings. The Bertz CT molecular complexity index is 1340. The summed E-state index contributed by atoms with van der Waals surface area (Å²) in [6.07, 6.45) is 0. The lowest BCUT2D eigenvalue weighted by molar-refractivity contribution is -0.120. The van der Waals surface area contributed by atoms with Crippen molar-refractivity contribution < 1.29 is 19.1 Å². The van der Waals surface area contributed by atoms with Crippen LogP contribution in [0.3, 0.4) is 0 Å². The van der Waals surface area contributed by atoms with Crippen LogP contribution < -0.4 is 20.3 Å². The number of ether oxygens (including phenoxy) is 1. The van der Waals surface area contributed by atoms with Crippen LogP contribution in [0.15, 0.2) is 77.5 Å². The molecule has 0 unspecified atom stereocenters. The number of benzene rings is 3. The second-order valence-corrected chi connectivity index (χ2v) is 8.49. The van der Waals surface area contributed by atoms with Gasteiger partial charge < -0.3 is 15.4 Å². The number of nitrogens with zero attached hydrogens (tertiary/aromatic N) is 1. The Morgan fingerprint density at radius 2 is 1.57 bits per heavy atom. The zero-order chi connectivity index (χ0) is 25.1. The summed E-state index contributed by atoms with van der Waals surface area (Å²) in [5.41, 5.74) is 2.54. The topological polar surface area (TPSA) is 87.7 Å². The van der Waals surface area contributed by atoms with Gasteiger partial charge in [0.25, 0.3) is 17.7 Å². The summed E-state index contributed by atoms with van der Waals surface area (Å²) in [4.78, 5) is 39.3. The summed E-state index contributed by atoms with van der Waals surface area (Å²) in [7, 11) is 0. The fraction of sp³-hybridized carbons (Fsp3) is 0.115. The van der Waals surface area contributed by atoms with Gasteiger partial charge in [-0.05, 0) is 80.1 Å². The maximum Gasteiger partial charge on any atom is 0.283 e. The molecule has 1 aliphatic rings. The molecular formula is C26H21Cl2N3O4. The number of aryl methyl sites for hydroxylation is 1. The van der Waals surface area contributed by atoms with Crippen LogP contribution in [0.5, 0.6) is 5.75 Å². The van der Waals surface area contributed by atoms with Crippen molar-refractivity contribution in [3.63, 3.8) is 0 Å². The van der Waals surface area contributed by atoms with Crippen molar-refractivity contribution in [2.24, 2.45) is 0 Å². The van der Waals surface area contributed by atoms with E-state index in [1.165, 1.54) is 6.07 Å². The average Bonchev–Trinajstić information content (AvgIpc) is 3.05. The largest absolute Gasteiger partial charge is 0.494 e. The third kappa shape index (κ3) is 5.16. The van der Waals surface area contributed by atoms with Gasteiger partial charge in [-0.25, -0.2) is 4.90 Å². The van der Waals surface area contributed by atoms with Gasteiger partial charge in [-0.3, -0.25) is 14.4 Å². The molecule has 2 N–H and O–H groups in total. The molecule has 1 heterocycles. The van der Waals surface area contributed by atoms with E-state index in [4.69, 9.17) is 27.9 Å². The maximum absolute atomic E-state index is 13.0.